The molecular formula is C20H24N6O3. The molecule has 0 saturated carbocycles. The Morgan fingerprint density at radius 1 is 1.24 bits per heavy atom. The summed E-state index contributed by atoms with van der Waals surface area (Å²) in [6.45, 7) is 5.85. The monoisotopic (exact) mass is 396 g/mol. The second-order valence-electron chi connectivity index (χ2n) is 6.86. The van der Waals surface area contributed by atoms with Crippen LogP contribution in [0, 0.1) is 0 Å². The number of ketones is 1. The third kappa shape index (κ3) is 3.49. The number of aryl methyl sites for hydroxylation is 1. The Balaban J connectivity index is 1.72. The summed E-state index contributed by atoms with van der Waals surface area (Å²) in [4.78, 5) is 32.7. The van der Waals surface area contributed by atoms with Crippen molar-refractivity contribution in [2.45, 2.75) is 20.0 Å². The molecule has 0 spiro atoms. The number of anilines is 1. The number of para-hydroxylation sites is 1. The highest BCUT2D eigenvalue weighted by atomic mass is 16.5. The number of piperazine rings is 1. The molecule has 3 heterocycles. The highest BCUT2D eigenvalue weighted by molar-refractivity contribution is 5.98. The van der Waals surface area contributed by atoms with E-state index in [2.05, 4.69) is 20.3 Å². The van der Waals surface area contributed by atoms with E-state index in [4.69, 9.17) is 4.74 Å². The van der Waals surface area contributed by atoms with Gasteiger partial charge in [-0.3, -0.25) is 9.59 Å². The molecule has 0 amide bonds. The van der Waals surface area contributed by atoms with Crippen LogP contribution in [0.3, 0.4) is 0 Å². The molecule has 152 valence electrons. The minimum atomic E-state index is -0.318. The van der Waals surface area contributed by atoms with E-state index in [0.717, 1.165) is 32.1 Å². The molecule has 0 radical (unpaired) electrons. The summed E-state index contributed by atoms with van der Waals surface area (Å²) < 4.78 is 8.37. The molecule has 1 aromatic carbocycles. The van der Waals surface area contributed by atoms with Crippen molar-refractivity contribution >= 4 is 22.8 Å². The molecule has 0 bridgehead atoms. The Kier molecular flexibility index (Phi) is 5.30. The number of benzene rings is 1. The number of aromatic nitrogens is 4. The second-order valence-corrected chi connectivity index (χ2v) is 6.86. The van der Waals surface area contributed by atoms with E-state index in [9.17, 15) is 9.59 Å². The lowest BCUT2D eigenvalue weighted by atomic mass is 10.1. The molecule has 0 atom stereocenters. The van der Waals surface area contributed by atoms with Gasteiger partial charge in [-0.05, 0) is 19.1 Å². The Labute approximate surface area is 167 Å². The fraction of sp³-hybridized carbons (Fsp3) is 0.400. The summed E-state index contributed by atoms with van der Waals surface area (Å²) in [5.41, 5.74) is 1.13. The van der Waals surface area contributed by atoms with Gasteiger partial charge < -0.3 is 19.5 Å². The van der Waals surface area contributed by atoms with Crippen molar-refractivity contribution in [3.05, 3.63) is 46.4 Å². The summed E-state index contributed by atoms with van der Waals surface area (Å²) >= 11 is 0. The Hall–Kier alpha value is -3.20. The second kappa shape index (κ2) is 8.04. The Morgan fingerprint density at radius 2 is 2.00 bits per heavy atom. The van der Waals surface area contributed by atoms with Gasteiger partial charge in [0, 0.05) is 32.7 Å². The number of hydrogen-bond acceptors (Lipinski definition) is 7. The third-order valence-corrected chi connectivity index (χ3v) is 5.15. The predicted molar refractivity (Wildman–Crippen MR) is 110 cm³/mol. The van der Waals surface area contributed by atoms with E-state index in [1.807, 2.05) is 11.5 Å². The Morgan fingerprint density at radius 3 is 2.72 bits per heavy atom. The molecule has 9 nitrogen and oxygen atoms in total. The van der Waals surface area contributed by atoms with E-state index < -0.39 is 0 Å². The van der Waals surface area contributed by atoms with Crippen molar-refractivity contribution in [2.75, 3.05) is 38.2 Å². The van der Waals surface area contributed by atoms with E-state index in [0.29, 0.717) is 28.9 Å². The first-order valence-corrected chi connectivity index (χ1v) is 9.72. The first-order chi connectivity index (χ1) is 14.1. The molecule has 9 heteroatoms. The molecule has 0 aliphatic carbocycles. The van der Waals surface area contributed by atoms with Crippen molar-refractivity contribution in [1.29, 1.82) is 0 Å². The quantitative estimate of drug-likeness (QED) is 0.619. The zero-order valence-corrected chi connectivity index (χ0v) is 16.6. The van der Waals surface area contributed by atoms with Crippen LogP contribution in [0.15, 0.2) is 35.3 Å². The van der Waals surface area contributed by atoms with Crippen molar-refractivity contribution in [2.24, 2.45) is 0 Å². The average molecular weight is 396 g/mol. The predicted octanol–water partition coefficient (Wildman–Crippen LogP) is 0.914. The SMILES string of the molecule is CCn1c(N2CCNCC2)nc2cnn(CC(=O)c3ccccc3OC)c(=O)c21. The van der Waals surface area contributed by atoms with Crippen LogP contribution >= 0.6 is 0 Å². The highest BCUT2D eigenvalue weighted by Crippen LogP contribution is 2.21. The highest BCUT2D eigenvalue weighted by Gasteiger charge is 2.22. The number of imidazole rings is 1. The summed E-state index contributed by atoms with van der Waals surface area (Å²) in [5, 5.41) is 7.52. The topological polar surface area (TPSA) is 94.3 Å². The fourth-order valence-corrected chi connectivity index (χ4v) is 3.69. The molecular weight excluding hydrogens is 372 g/mol. The van der Waals surface area contributed by atoms with Crippen LogP contribution < -0.4 is 20.5 Å². The van der Waals surface area contributed by atoms with Gasteiger partial charge in [0.1, 0.15) is 23.3 Å². The standard InChI is InChI=1S/C20H24N6O3/c1-3-25-18-15(23-20(25)24-10-8-21-9-11-24)12-22-26(19(18)28)13-16(27)14-6-4-5-7-17(14)29-2/h4-7,12,21H,3,8-11,13H2,1-2H3. The van der Waals surface area contributed by atoms with Gasteiger partial charge in [0.2, 0.25) is 5.95 Å². The molecule has 29 heavy (non-hydrogen) atoms. The number of carbonyl (C=O) groups is 1. The van der Waals surface area contributed by atoms with Gasteiger partial charge in [-0.25, -0.2) is 9.67 Å². The van der Waals surface area contributed by atoms with Crippen molar-refractivity contribution in [3.63, 3.8) is 0 Å². The third-order valence-electron chi connectivity index (χ3n) is 5.15. The average Bonchev–Trinajstić information content (AvgIpc) is 3.15. The van der Waals surface area contributed by atoms with E-state index in [-0.39, 0.29) is 17.9 Å². The van der Waals surface area contributed by atoms with Gasteiger partial charge in [0.05, 0.1) is 18.9 Å². The van der Waals surface area contributed by atoms with Crippen LogP contribution in [0.1, 0.15) is 17.3 Å². The van der Waals surface area contributed by atoms with Gasteiger partial charge in [0.25, 0.3) is 5.56 Å². The number of nitrogens with one attached hydrogen (secondary N) is 1. The van der Waals surface area contributed by atoms with Gasteiger partial charge in [-0.15, -0.1) is 0 Å². The zero-order valence-electron chi connectivity index (χ0n) is 16.6. The molecule has 3 aromatic rings. The van der Waals surface area contributed by atoms with Gasteiger partial charge in [-0.1, -0.05) is 12.1 Å². The number of Topliss-reactive ketones (excluding diaryl/α,β-unsaturated/α-hetero) is 1. The minimum Gasteiger partial charge on any atom is -0.496 e. The lowest BCUT2D eigenvalue weighted by Gasteiger charge is -2.28. The zero-order chi connectivity index (χ0) is 20.4. The van der Waals surface area contributed by atoms with Crippen LogP contribution in [0.25, 0.3) is 11.0 Å². The van der Waals surface area contributed by atoms with Gasteiger partial charge in [0.15, 0.2) is 5.78 Å². The molecule has 1 fully saturated rings. The molecule has 1 N–H and O–H groups in total. The number of carbonyl (C=O) groups excluding carboxylic acids is 1. The molecule has 0 unspecified atom stereocenters. The van der Waals surface area contributed by atoms with Crippen LogP contribution in [0.5, 0.6) is 5.75 Å². The normalized spacial score (nSPS) is 14.3. The van der Waals surface area contributed by atoms with Gasteiger partial charge >= 0.3 is 0 Å². The lowest BCUT2D eigenvalue weighted by Crippen LogP contribution is -2.44. The number of nitrogens with zero attached hydrogens (tertiary/aromatic N) is 5. The summed E-state index contributed by atoms with van der Waals surface area (Å²) in [7, 11) is 1.51. The molecule has 1 aliphatic rings. The number of fused-ring (bicyclic) bond motifs is 1. The lowest BCUT2D eigenvalue weighted by molar-refractivity contribution is 0.0963. The summed E-state index contributed by atoms with van der Waals surface area (Å²) in [6.07, 6.45) is 1.56. The van der Waals surface area contributed by atoms with E-state index >= 15 is 0 Å². The first kappa shape index (κ1) is 19.1. The molecule has 1 aliphatic heterocycles. The molecule has 4 rings (SSSR count). The number of ether oxygens (including phenoxy) is 1. The van der Waals surface area contributed by atoms with Crippen LogP contribution in [0.4, 0.5) is 5.95 Å². The van der Waals surface area contributed by atoms with Gasteiger partial charge in [-0.2, -0.15) is 5.10 Å². The molecule has 2 aromatic heterocycles. The largest absolute Gasteiger partial charge is 0.496 e. The smallest absolute Gasteiger partial charge is 0.293 e. The number of rotatable bonds is 6. The fourth-order valence-electron chi connectivity index (χ4n) is 3.69. The first-order valence-electron chi connectivity index (χ1n) is 9.72. The van der Waals surface area contributed by atoms with Crippen LogP contribution in [-0.4, -0.2) is 58.4 Å². The summed E-state index contributed by atoms with van der Waals surface area (Å²) in [6, 6.07) is 6.96. The van der Waals surface area contributed by atoms with Crippen molar-refractivity contribution in [1.82, 2.24) is 24.6 Å². The minimum absolute atomic E-state index is 0.160. The van der Waals surface area contributed by atoms with Crippen LogP contribution in [-0.2, 0) is 13.1 Å². The Bertz CT molecular complexity index is 1100. The van der Waals surface area contributed by atoms with Crippen LogP contribution in [0.2, 0.25) is 0 Å². The molecule has 1 saturated heterocycles. The number of methoxy groups -OCH3 is 1. The maximum atomic E-state index is 13.2. The van der Waals surface area contributed by atoms with Crippen molar-refractivity contribution in [3.8, 4) is 5.75 Å². The van der Waals surface area contributed by atoms with Crippen molar-refractivity contribution < 1.29 is 9.53 Å². The summed E-state index contributed by atoms with van der Waals surface area (Å²) in [5.74, 6) is 1.02. The van der Waals surface area contributed by atoms with E-state index in [1.54, 1.807) is 30.5 Å². The maximum Gasteiger partial charge on any atom is 0.293 e. The number of hydrogen-bond donors (Lipinski definition) is 1. The van der Waals surface area contributed by atoms with E-state index in [1.165, 1.54) is 11.8 Å². The maximum absolute atomic E-state index is 13.2.